The Morgan fingerprint density at radius 1 is 1.14 bits per heavy atom. The van der Waals surface area contributed by atoms with Crippen molar-refractivity contribution in [3.8, 4) is 10.9 Å². The average molecular weight is 298 g/mol. The van der Waals surface area contributed by atoms with Gasteiger partial charge >= 0.3 is 0 Å². The van der Waals surface area contributed by atoms with Gasteiger partial charge in [0.25, 0.3) is 5.19 Å². The number of hydrogen-bond donors (Lipinski definition) is 1. The van der Waals surface area contributed by atoms with E-state index >= 15 is 0 Å². The highest BCUT2D eigenvalue weighted by Crippen LogP contribution is 2.34. The molecular formula is C17H18N2OS. The van der Waals surface area contributed by atoms with Crippen molar-refractivity contribution < 1.29 is 4.74 Å². The minimum atomic E-state index is 0.475. The molecule has 1 heterocycles. The molecule has 2 N–H and O–H groups in total. The topological polar surface area (TPSA) is 48.1 Å². The van der Waals surface area contributed by atoms with E-state index in [0.717, 1.165) is 27.2 Å². The Labute approximate surface area is 128 Å². The molecule has 3 rings (SSSR count). The van der Waals surface area contributed by atoms with Gasteiger partial charge in [-0.05, 0) is 48.2 Å². The summed E-state index contributed by atoms with van der Waals surface area (Å²) in [5.74, 6) is 1.34. The van der Waals surface area contributed by atoms with Gasteiger partial charge in [0.15, 0.2) is 0 Å². The van der Waals surface area contributed by atoms with Crippen LogP contribution in [0.1, 0.15) is 30.9 Å². The molecule has 0 amide bonds. The minimum absolute atomic E-state index is 0.475. The number of thiazole rings is 1. The van der Waals surface area contributed by atoms with Gasteiger partial charge in [0.1, 0.15) is 5.75 Å². The second-order valence-electron chi connectivity index (χ2n) is 5.49. The Morgan fingerprint density at radius 3 is 2.71 bits per heavy atom. The summed E-state index contributed by atoms with van der Waals surface area (Å²) in [6.45, 7) is 6.40. The highest BCUT2D eigenvalue weighted by atomic mass is 32.1. The fourth-order valence-electron chi connectivity index (χ4n) is 2.14. The van der Waals surface area contributed by atoms with Crippen molar-refractivity contribution >= 4 is 27.2 Å². The maximum atomic E-state index is 5.99. The summed E-state index contributed by atoms with van der Waals surface area (Å²) in [5.41, 5.74) is 9.84. The molecular weight excluding hydrogens is 280 g/mol. The number of hydrogen-bond acceptors (Lipinski definition) is 4. The number of nitrogen functional groups attached to an aromatic ring is 1. The van der Waals surface area contributed by atoms with Crippen LogP contribution in [0.15, 0.2) is 36.4 Å². The van der Waals surface area contributed by atoms with Crippen LogP contribution in [0.4, 0.5) is 5.69 Å². The quantitative estimate of drug-likeness (QED) is 0.684. The van der Waals surface area contributed by atoms with Crippen molar-refractivity contribution in [3.63, 3.8) is 0 Å². The zero-order valence-electron chi connectivity index (χ0n) is 12.4. The van der Waals surface area contributed by atoms with E-state index in [0.29, 0.717) is 11.1 Å². The zero-order valence-corrected chi connectivity index (χ0v) is 13.2. The van der Waals surface area contributed by atoms with E-state index in [4.69, 9.17) is 10.5 Å². The van der Waals surface area contributed by atoms with Crippen molar-refractivity contribution in [1.29, 1.82) is 0 Å². The van der Waals surface area contributed by atoms with E-state index < -0.39 is 0 Å². The van der Waals surface area contributed by atoms with Gasteiger partial charge < -0.3 is 10.5 Å². The number of anilines is 1. The fraction of sp³-hybridized carbons (Fsp3) is 0.235. The predicted octanol–water partition coefficient (Wildman–Crippen LogP) is 5.10. The first-order valence-electron chi connectivity index (χ1n) is 6.97. The molecule has 3 nitrogen and oxygen atoms in total. The summed E-state index contributed by atoms with van der Waals surface area (Å²) in [6, 6.07) is 12.0. The number of aromatic nitrogens is 1. The third-order valence-electron chi connectivity index (χ3n) is 3.47. The largest absolute Gasteiger partial charge is 0.431 e. The first-order valence-corrected chi connectivity index (χ1v) is 7.79. The monoisotopic (exact) mass is 298 g/mol. The summed E-state index contributed by atoms with van der Waals surface area (Å²) in [7, 11) is 0. The van der Waals surface area contributed by atoms with Crippen LogP contribution in [-0.2, 0) is 0 Å². The van der Waals surface area contributed by atoms with Crippen LogP contribution in [-0.4, -0.2) is 4.98 Å². The second-order valence-corrected chi connectivity index (χ2v) is 6.48. The average Bonchev–Trinajstić information content (AvgIpc) is 2.82. The van der Waals surface area contributed by atoms with Crippen LogP contribution in [0, 0.1) is 6.92 Å². The standard InChI is InChI=1S/C17H18N2OS/c1-10(2)12-5-4-11(3)15(8-12)20-17-19-14-7-6-13(18)9-16(14)21-17/h4-10H,18H2,1-3H3. The predicted molar refractivity (Wildman–Crippen MR) is 89.4 cm³/mol. The summed E-state index contributed by atoms with van der Waals surface area (Å²) >= 11 is 1.52. The highest BCUT2D eigenvalue weighted by Gasteiger charge is 2.10. The molecule has 1 aromatic heterocycles. The van der Waals surface area contributed by atoms with Crippen molar-refractivity contribution in [2.24, 2.45) is 0 Å². The van der Waals surface area contributed by atoms with Gasteiger partial charge in [0.2, 0.25) is 0 Å². The molecule has 4 heteroatoms. The number of rotatable bonds is 3. The number of ether oxygens (including phenoxy) is 1. The van der Waals surface area contributed by atoms with Gasteiger partial charge in [0.05, 0.1) is 10.2 Å². The summed E-state index contributed by atoms with van der Waals surface area (Å²) in [6.07, 6.45) is 0. The van der Waals surface area contributed by atoms with Gasteiger partial charge in [0, 0.05) is 5.69 Å². The molecule has 0 aliphatic carbocycles. The molecule has 0 aliphatic rings. The lowest BCUT2D eigenvalue weighted by Crippen LogP contribution is -1.92. The highest BCUT2D eigenvalue weighted by molar-refractivity contribution is 7.20. The van der Waals surface area contributed by atoms with Gasteiger partial charge in [-0.15, -0.1) is 0 Å². The van der Waals surface area contributed by atoms with Gasteiger partial charge in [-0.25, -0.2) is 4.98 Å². The lowest BCUT2D eigenvalue weighted by atomic mass is 10.0. The summed E-state index contributed by atoms with van der Waals surface area (Å²) in [5, 5.41) is 0.652. The van der Waals surface area contributed by atoms with Gasteiger partial charge in [-0.3, -0.25) is 0 Å². The first-order chi connectivity index (χ1) is 10.0. The Morgan fingerprint density at radius 2 is 1.95 bits per heavy atom. The van der Waals surface area contributed by atoms with Crippen LogP contribution in [0.25, 0.3) is 10.2 Å². The minimum Gasteiger partial charge on any atom is -0.431 e. The lowest BCUT2D eigenvalue weighted by Gasteiger charge is -2.10. The van der Waals surface area contributed by atoms with E-state index in [1.165, 1.54) is 16.9 Å². The molecule has 0 unspecified atom stereocenters. The van der Waals surface area contributed by atoms with Crippen LogP contribution >= 0.6 is 11.3 Å². The van der Waals surface area contributed by atoms with Crippen molar-refractivity contribution in [2.45, 2.75) is 26.7 Å². The zero-order chi connectivity index (χ0) is 15.0. The molecule has 21 heavy (non-hydrogen) atoms. The second kappa shape index (κ2) is 5.37. The molecule has 0 aliphatic heterocycles. The Balaban J connectivity index is 1.96. The Kier molecular flexibility index (Phi) is 3.55. The number of benzene rings is 2. The summed E-state index contributed by atoms with van der Waals surface area (Å²) < 4.78 is 7.04. The van der Waals surface area contributed by atoms with E-state index in [-0.39, 0.29) is 0 Å². The molecule has 0 fully saturated rings. The van der Waals surface area contributed by atoms with E-state index in [1.807, 2.05) is 25.1 Å². The van der Waals surface area contributed by atoms with Crippen molar-refractivity contribution in [1.82, 2.24) is 4.98 Å². The Bertz CT molecular complexity index is 793. The van der Waals surface area contributed by atoms with Gasteiger partial charge in [-0.2, -0.15) is 0 Å². The molecule has 0 atom stereocenters. The van der Waals surface area contributed by atoms with Crippen LogP contribution in [0.3, 0.4) is 0 Å². The number of nitrogens with two attached hydrogens (primary N) is 1. The molecule has 3 aromatic rings. The third kappa shape index (κ3) is 2.85. The third-order valence-corrected chi connectivity index (χ3v) is 4.37. The van der Waals surface area contributed by atoms with E-state index in [1.54, 1.807) is 0 Å². The number of aryl methyl sites for hydroxylation is 1. The summed E-state index contributed by atoms with van der Waals surface area (Å²) in [4.78, 5) is 4.51. The van der Waals surface area contributed by atoms with Crippen molar-refractivity contribution in [3.05, 3.63) is 47.5 Å². The molecule has 0 bridgehead atoms. The molecule has 0 saturated heterocycles. The fourth-order valence-corrected chi connectivity index (χ4v) is 3.02. The maximum Gasteiger partial charge on any atom is 0.279 e. The lowest BCUT2D eigenvalue weighted by molar-refractivity contribution is 0.475. The smallest absolute Gasteiger partial charge is 0.279 e. The van der Waals surface area contributed by atoms with Crippen LogP contribution < -0.4 is 10.5 Å². The van der Waals surface area contributed by atoms with Crippen LogP contribution in [0.5, 0.6) is 10.9 Å². The van der Waals surface area contributed by atoms with E-state index in [9.17, 15) is 0 Å². The first kappa shape index (κ1) is 13.9. The van der Waals surface area contributed by atoms with Crippen LogP contribution in [0.2, 0.25) is 0 Å². The maximum absolute atomic E-state index is 5.99. The Hall–Kier alpha value is -2.07. The van der Waals surface area contributed by atoms with Crippen molar-refractivity contribution in [2.75, 3.05) is 5.73 Å². The molecule has 108 valence electrons. The SMILES string of the molecule is Cc1ccc(C(C)C)cc1Oc1nc2ccc(N)cc2s1. The normalized spacial score (nSPS) is 11.2. The molecule has 0 saturated carbocycles. The van der Waals surface area contributed by atoms with Gasteiger partial charge in [-0.1, -0.05) is 37.3 Å². The molecule has 0 spiro atoms. The molecule has 0 radical (unpaired) electrons. The molecule has 2 aromatic carbocycles. The van der Waals surface area contributed by atoms with E-state index in [2.05, 4.69) is 37.0 Å². The number of fused-ring (bicyclic) bond motifs is 1. The number of nitrogens with zero attached hydrogens (tertiary/aromatic N) is 1.